The number of hydrogen-bond acceptors (Lipinski definition) is 6. The van der Waals surface area contributed by atoms with Gasteiger partial charge in [-0.05, 0) is 12.1 Å². The van der Waals surface area contributed by atoms with Crippen molar-refractivity contribution in [3.8, 4) is 11.8 Å². The van der Waals surface area contributed by atoms with E-state index in [1.165, 1.54) is 0 Å². The van der Waals surface area contributed by atoms with Crippen LogP contribution in [-0.4, -0.2) is 23.7 Å². The quantitative estimate of drug-likeness (QED) is 0.404. The first-order chi connectivity index (χ1) is 12.7. The number of anilines is 1. The van der Waals surface area contributed by atoms with Crippen LogP contribution in [0, 0.1) is 11.3 Å². The number of hydrazine groups is 1. The minimum absolute atomic E-state index is 0.294. The van der Waals surface area contributed by atoms with Crippen LogP contribution < -0.4 is 11.3 Å². The molecule has 0 fully saturated rings. The largest absolute Gasteiger partial charge is 0.502 e. The summed E-state index contributed by atoms with van der Waals surface area (Å²) in [6.07, 6.45) is -4.85. The summed E-state index contributed by atoms with van der Waals surface area (Å²) in [6.45, 7) is 0. The Hall–Kier alpha value is -2.21. The molecule has 2 aromatic rings. The number of rotatable bonds is 3. The van der Waals surface area contributed by atoms with Gasteiger partial charge in [0.15, 0.2) is 16.4 Å². The van der Waals surface area contributed by atoms with Crippen LogP contribution in [0.1, 0.15) is 11.3 Å². The molecule has 1 heterocycles. The van der Waals surface area contributed by atoms with E-state index in [1.54, 1.807) is 5.43 Å². The smallest absolute Gasteiger partial charge is 0.307 e. The minimum atomic E-state index is -6.12. The van der Waals surface area contributed by atoms with Crippen molar-refractivity contribution in [2.45, 2.75) is 16.6 Å². The van der Waals surface area contributed by atoms with E-state index < -0.39 is 59.2 Å². The van der Waals surface area contributed by atoms with E-state index in [2.05, 4.69) is 5.10 Å². The molecule has 0 radical (unpaired) electrons. The number of nitrogens with two attached hydrogens (primary N) is 1. The lowest BCUT2D eigenvalue weighted by Crippen LogP contribution is -2.25. The number of nitrogens with zero attached hydrogens (tertiary/aromatic N) is 3. The van der Waals surface area contributed by atoms with Crippen LogP contribution in [0.2, 0.25) is 10.0 Å². The normalized spacial score (nSPS) is 12.7. The molecule has 0 saturated carbocycles. The standard InChI is InChI=1S/C12H5Cl2F6N5O2S/c13-5-1-4(11(15,16)17)2-6(14)8(5)25-10(23-22)9(7(3-21)24-25)28(26,27)12(18,19)20/h1-2,23H,22H2. The molecule has 0 atom stereocenters. The van der Waals surface area contributed by atoms with Crippen LogP contribution in [0.5, 0.6) is 0 Å². The van der Waals surface area contributed by atoms with E-state index in [4.69, 9.17) is 34.3 Å². The molecule has 152 valence electrons. The first-order valence-electron chi connectivity index (χ1n) is 6.54. The Morgan fingerprint density at radius 3 is 2.00 bits per heavy atom. The third kappa shape index (κ3) is 3.58. The monoisotopic (exact) mass is 467 g/mol. The summed E-state index contributed by atoms with van der Waals surface area (Å²) in [7, 11) is -6.12. The van der Waals surface area contributed by atoms with E-state index in [0.717, 1.165) is 6.07 Å². The first-order valence-corrected chi connectivity index (χ1v) is 8.78. The molecule has 1 aromatic carbocycles. The van der Waals surface area contributed by atoms with Gasteiger partial charge in [-0.25, -0.2) is 18.9 Å². The van der Waals surface area contributed by atoms with Crippen LogP contribution in [0.25, 0.3) is 5.69 Å². The summed E-state index contributed by atoms with van der Waals surface area (Å²) >= 11 is 11.5. The summed E-state index contributed by atoms with van der Waals surface area (Å²) in [6, 6.07) is 1.91. The number of sulfone groups is 1. The van der Waals surface area contributed by atoms with E-state index in [0.29, 0.717) is 16.8 Å². The topological polar surface area (TPSA) is 114 Å². The van der Waals surface area contributed by atoms with E-state index in [-0.39, 0.29) is 0 Å². The first kappa shape index (κ1) is 22.1. The lowest BCUT2D eigenvalue weighted by atomic mass is 10.2. The van der Waals surface area contributed by atoms with Crippen molar-refractivity contribution in [3.05, 3.63) is 33.4 Å². The Morgan fingerprint density at radius 2 is 1.64 bits per heavy atom. The molecule has 7 nitrogen and oxygen atoms in total. The summed E-state index contributed by atoms with van der Waals surface area (Å²) in [5.74, 6) is 3.99. The number of benzene rings is 1. The highest BCUT2D eigenvalue weighted by molar-refractivity contribution is 7.92. The zero-order valence-electron chi connectivity index (χ0n) is 12.8. The van der Waals surface area contributed by atoms with Crippen molar-refractivity contribution in [2.75, 3.05) is 5.43 Å². The Balaban J connectivity index is 2.90. The Bertz CT molecular complexity index is 1060. The van der Waals surface area contributed by atoms with Gasteiger partial charge in [-0.1, -0.05) is 23.2 Å². The van der Waals surface area contributed by atoms with Crippen LogP contribution in [-0.2, 0) is 16.0 Å². The average molecular weight is 468 g/mol. The van der Waals surface area contributed by atoms with Gasteiger partial charge in [-0.3, -0.25) is 0 Å². The molecule has 3 N–H and O–H groups in total. The second kappa shape index (κ2) is 6.99. The highest BCUT2D eigenvalue weighted by Gasteiger charge is 2.51. The molecule has 0 aliphatic carbocycles. The number of nitrogen functional groups attached to an aromatic ring is 1. The van der Waals surface area contributed by atoms with Gasteiger partial charge in [0, 0.05) is 0 Å². The van der Waals surface area contributed by atoms with E-state index >= 15 is 0 Å². The Morgan fingerprint density at radius 1 is 1.14 bits per heavy atom. The maximum atomic E-state index is 12.9. The second-order valence-corrected chi connectivity index (χ2v) is 7.62. The number of aromatic nitrogens is 2. The summed E-state index contributed by atoms with van der Waals surface area (Å²) < 4.78 is 101. The number of alkyl halides is 6. The number of nitrogens with one attached hydrogen (secondary N) is 1. The minimum Gasteiger partial charge on any atom is -0.307 e. The second-order valence-electron chi connectivity index (χ2n) is 4.93. The third-order valence-electron chi connectivity index (χ3n) is 3.21. The van der Waals surface area contributed by atoms with Crippen LogP contribution >= 0.6 is 23.2 Å². The highest BCUT2D eigenvalue weighted by atomic mass is 35.5. The molecular weight excluding hydrogens is 463 g/mol. The fraction of sp³-hybridized carbons (Fsp3) is 0.167. The predicted octanol–water partition coefficient (Wildman–Crippen LogP) is 3.65. The van der Waals surface area contributed by atoms with Crippen molar-refractivity contribution < 1.29 is 34.8 Å². The molecule has 28 heavy (non-hydrogen) atoms. The van der Waals surface area contributed by atoms with Gasteiger partial charge in [0.05, 0.1) is 15.6 Å². The number of hydrogen-bond donors (Lipinski definition) is 2. The van der Waals surface area contributed by atoms with Gasteiger partial charge in [0.2, 0.25) is 0 Å². The fourth-order valence-electron chi connectivity index (χ4n) is 2.07. The van der Waals surface area contributed by atoms with Crippen molar-refractivity contribution in [1.29, 1.82) is 5.26 Å². The molecule has 0 aliphatic rings. The van der Waals surface area contributed by atoms with E-state index in [9.17, 15) is 34.8 Å². The number of halogens is 8. The van der Waals surface area contributed by atoms with Crippen molar-refractivity contribution in [2.24, 2.45) is 5.84 Å². The SMILES string of the molecule is N#Cc1nn(-c2c(Cl)cc(C(F)(F)F)cc2Cl)c(NN)c1S(=O)(=O)C(F)(F)F. The molecule has 0 bridgehead atoms. The van der Waals surface area contributed by atoms with Crippen molar-refractivity contribution >= 4 is 38.9 Å². The van der Waals surface area contributed by atoms with Gasteiger partial charge < -0.3 is 5.43 Å². The van der Waals surface area contributed by atoms with Crippen LogP contribution in [0.15, 0.2) is 17.0 Å². The lowest BCUT2D eigenvalue weighted by Gasteiger charge is -2.15. The van der Waals surface area contributed by atoms with E-state index in [1.807, 2.05) is 0 Å². The molecule has 0 spiro atoms. The van der Waals surface area contributed by atoms with Gasteiger partial charge in [0.1, 0.15) is 11.8 Å². The average Bonchev–Trinajstić information content (AvgIpc) is 2.91. The van der Waals surface area contributed by atoms with Crippen molar-refractivity contribution in [3.63, 3.8) is 0 Å². The molecular formula is C12H5Cl2F6N5O2S. The Labute approximate surface area is 162 Å². The summed E-state index contributed by atoms with van der Waals surface area (Å²) in [4.78, 5) is -1.64. The van der Waals surface area contributed by atoms with Crippen molar-refractivity contribution in [1.82, 2.24) is 9.78 Å². The molecule has 0 aliphatic heterocycles. The summed E-state index contributed by atoms with van der Waals surface area (Å²) in [5, 5.41) is 10.8. The molecule has 1 aromatic heterocycles. The fourth-order valence-corrected chi connectivity index (χ4v) is 3.69. The van der Waals surface area contributed by atoms with Gasteiger partial charge in [-0.2, -0.15) is 36.7 Å². The molecule has 0 amide bonds. The third-order valence-corrected chi connectivity index (χ3v) is 5.32. The molecule has 16 heteroatoms. The van der Waals surface area contributed by atoms with Crippen LogP contribution in [0.4, 0.5) is 32.2 Å². The van der Waals surface area contributed by atoms with Gasteiger partial charge in [-0.15, -0.1) is 0 Å². The maximum Gasteiger partial charge on any atom is 0.502 e. The predicted molar refractivity (Wildman–Crippen MR) is 84.4 cm³/mol. The Kier molecular flexibility index (Phi) is 5.52. The lowest BCUT2D eigenvalue weighted by molar-refractivity contribution is -0.137. The molecule has 0 saturated heterocycles. The molecule has 0 unspecified atom stereocenters. The number of nitriles is 1. The maximum absolute atomic E-state index is 12.9. The van der Waals surface area contributed by atoms with Gasteiger partial charge in [0.25, 0.3) is 9.84 Å². The van der Waals surface area contributed by atoms with Crippen LogP contribution in [0.3, 0.4) is 0 Å². The molecule has 2 rings (SSSR count). The summed E-state index contributed by atoms with van der Waals surface area (Å²) in [5.41, 5.74) is -7.36. The zero-order chi connectivity index (χ0) is 21.7. The van der Waals surface area contributed by atoms with Gasteiger partial charge >= 0.3 is 11.7 Å². The zero-order valence-corrected chi connectivity index (χ0v) is 15.2. The highest BCUT2D eigenvalue weighted by Crippen LogP contribution is 2.41.